The molecule has 31 heavy (non-hydrogen) atoms. The van der Waals surface area contributed by atoms with Gasteiger partial charge in [0.05, 0.1) is 5.69 Å². The van der Waals surface area contributed by atoms with Crippen molar-refractivity contribution in [2.24, 2.45) is 0 Å². The molecule has 1 fully saturated rings. The molecule has 1 N–H and O–H groups in total. The molecule has 0 unspecified atom stereocenters. The molecule has 0 spiro atoms. The first-order chi connectivity index (χ1) is 14.6. The lowest BCUT2D eigenvalue weighted by atomic mass is 10.1. The third kappa shape index (κ3) is 6.37. The molecule has 9 heteroatoms. The monoisotopic (exact) mass is 430 g/mol. The number of piperidine rings is 1. The highest BCUT2D eigenvalue weighted by Gasteiger charge is 2.28. The number of hydrogen-bond donors (Lipinski definition) is 1. The predicted octanol–water partition coefficient (Wildman–Crippen LogP) is 3.95. The van der Waals surface area contributed by atoms with Crippen molar-refractivity contribution < 1.29 is 23.5 Å². The fourth-order valence-electron chi connectivity index (χ4n) is 3.07. The van der Waals surface area contributed by atoms with Gasteiger partial charge < -0.3 is 19.7 Å². The van der Waals surface area contributed by atoms with Crippen molar-refractivity contribution in [3.05, 3.63) is 47.4 Å². The van der Waals surface area contributed by atoms with E-state index in [1.165, 1.54) is 18.2 Å². The molecule has 0 saturated carbocycles. The Hall–Kier alpha value is -3.23. The molecule has 0 aliphatic carbocycles. The molecule has 1 aromatic heterocycles. The van der Waals surface area contributed by atoms with Crippen molar-refractivity contribution in [1.82, 2.24) is 15.1 Å². The van der Waals surface area contributed by atoms with Crippen LogP contribution >= 0.6 is 0 Å². The summed E-state index contributed by atoms with van der Waals surface area (Å²) >= 11 is 0. The molecular weight excluding hydrogens is 403 g/mol. The van der Waals surface area contributed by atoms with Crippen molar-refractivity contribution in [2.75, 3.05) is 18.4 Å². The fourth-order valence-corrected chi connectivity index (χ4v) is 3.07. The summed E-state index contributed by atoms with van der Waals surface area (Å²) in [6.07, 6.45) is 0.826. The van der Waals surface area contributed by atoms with Gasteiger partial charge in [-0.1, -0.05) is 6.07 Å². The standard InChI is InChI=1S/C22H27FN4O4/c1-14-5-6-17(16(23)13-14)24-20(28)18-7-8-19(26-25-18)30-15-9-11-27(12-10-15)21(29)31-22(2,3)4/h5-8,13,15H,9-12H2,1-4H3,(H,24,28). The van der Waals surface area contributed by atoms with E-state index in [0.717, 1.165) is 5.56 Å². The highest BCUT2D eigenvalue weighted by atomic mass is 19.1. The topological polar surface area (TPSA) is 93.7 Å². The summed E-state index contributed by atoms with van der Waals surface area (Å²) < 4.78 is 25.1. The van der Waals surface area contributed by atoms with Gasteiger partial charge in [-0.25, -0.2) is 9.18 Å². The zero-order chi connectivity index (χ0) is 22.6. The summed E-state index contributed by atoms with van der Waals surface area (Å²) in [6, 6.07) is 7.56. The van der Waals surface area contributed by atoms with Crippen molar-refractivity contribution in [2.45, 2.75) is 52.2 Å². The van der Waals surface area contributed by atoms with E-state index in [2.05, 4.69) is 15.5 Å². The smallest absolute Gasteiger partial charge is 0.410 e. The molecule has 166 valence electrons. The number of hydrogen-bond acceptors (Lipinski definition) is 6. The summed E-state index contributed by atoms with van der Waals surface area (Å²) in [4.78, 5) is 26.1. The van der Waals surface area contributed by atoms with E-state index in [9.17, 15) is 14.0 Å². The van der Waals surface area contributed by atoms with Crippen LogP contribution in [0.1, 0.15) is 49.7 Å². The first-order valence-electron chi connectivity index (χ1n) is 10.2. The number of aromatic nitrogens is 2. The van der Waals surface area contributed by atoms with Crippen LogP contribution in [0.25, 0.3) is 0 Å². The molecule has 1 aliphatic rings. The molecule has 1 aromatic carbocycles. The number of ether oxygens (including phenoxy) is 2. The zero-order valence-corrected chi connectivity index (χ0v) is 18.1. The van der Waals surface area contributed by atoms with Crippen LogP contribution in [0.15, 0.2) is 30.3 Å². The Morgan fingerprint density at radius 3 is 2.42 bits per heavy atom. The number of nitrogens with zero attached hydrogens (tertiary/aromatic N) is 3. The van der Waals surface area contributed by atoms with E-state index in [1.54, 1.807) is 24.0 Å². The predicted molar refractivity (Wildman–Crippen MR) is 113 cm³/mol. The second-order valence-electron chi connectivity index (χ2n) is 8.48. The lowest BCUT2D eigenvalue weighted by Crippen LogP contribution is -2.44. The molecule has 1 saturated heterocycles. The summed E-state index contributed by atoms with van der Waals surface area (Å²) in [5.41, 5.74) is 0.356. The summed E-state index contributed by atoms with van der Waals surface area (Å²) in [5, 5.41) is 10.3. The maximum Gasteiger partial charge on any atom is 0.410 e. The third-order valence-electron chi connectivity index (χ3n) is 4.63. The highest BCUT2D eigenvalue weighted by molar-refractivity contribution is 6.02. The van der Waals surface area contributed by atoms with E-state index in [0.29, 0.717) is 25.9 Å². The van der Waals surface area contributed by atoms with Crippen LogP contribution in [0.2, 0.25) is 0 Å². The number of carbonyl (C=O) groups excluding carboxylic acids is 2. The van der Waals surface area contributed by atoms with Gasteiger partial charge in [0, 0.05) is 32.0 Å². The van der Waals surface area contributed by atoms with Crippen LogP contribution < -0.4 is 10.1 Å². The molecule has 8 nitrogen and oxygen atoms in total. The minimum atomic E-state index is -0.563. The molecule has 2 aromatic rings. The number of amides is 2. The van der Waals surface area contributed by atoms with Crippen molar-refractivity contribution in [3.8, 4) is 5.88 Å². The molecule has 2 heterocycles. The van der Waals surface area contributed by atoms with Gasteiger partial charge >= 0.3 is 6.09 Å². The normalized spacial score (nSPS) is 14.8. The lowest BCUT2D eigenvalue weighted by Gasteiger charge is -2.33. The lowest BCUT2D eigenvalue weighted by molar-refractivity contribution is 0.0122. The summed E-state index contributed by atoms with van der Waals surface area (Å²) in [5.74, 6) is -0.791. The molecule has 3 rings (SSSR count). The van der Waals surface area contributed by atoms with Gasteiger partial charge in [-0.15, -0.1) is 10.2 Å². The Labute approximate surface area is 180 Å². The zero-order valence-electron chi connectivity index (χ0n) is 18.1. The number of aryl methyl sites for hydroxylation is 1. The Balaban J connectivity index is 1.51. The molecule has 0 bridgehead atoms. The van der Waals surface area contributed by atoms with Gasteiger partial charge in [-0.3, -0.25) is 4.79 Å². The van der Waals surface area contributed by atoms with Crippen LogP contribution in [0, 0.1) is 12.7 Å². The van der Waals surface area contributed by atoms with E-state index in [4.69, 9.17) is 9.47 Å². The van der Waals surface area contributed by atoms with Crippen molar-refractivity contribution in [3.63, 3.8) is 0 Å². The SMILES string of the molecule is Cc1ccc(NC(=O)c2ccc(OC3CCN(C(=O)OC(C)(C)C)CC3)nn2)c(F)c1. The minimum absolute atomic E-state index is 0.0482. The van der Waals surface area contributed by atoms with Crippen LogP contribution in [0.5, 0.6) is 5.88 Å². The first-order valence-corrected chi connectivity index (χ1v) is 10.2. The van der Waals surface area contributed by atoms with Gasteiger partial charge in [0.2, 0.25) is 5.88 Å². The number of carbonyl (C=O) groups is 2. The van der Waals surface area contributed by atoms with Gasteiger partial charge in [-0.2, -0.15) is 0 Å². The molecular formula is C22H27FN4O4. The quantitative estimate of drug-likeness (QED) is 0.789. The van der Waals surface area contributed by atoms with Crippen molar-refractivity contribution in [1.29, 1.82) is 0 Å². The molecule has 0 atom stereocenters. The molecule has 1 aliphatic heterocycles. The van der Waals surface area contributed by atoms with Gasteiger partial charge in [0.15, 0.2) is 5.69 Å². The summed E-state index contributed by atoms with van der Waals surface area (Å²) in [6.45, 7) is 8.31. The minimum Gasteiger partial charge on any atom is -0.473 e. The number of benzene rings is 1. The van der Waals surface area contributed by atoms with Crippen LogP contribution in [0.4, 0.5) is 14.9 Å². The Kier molecular flexibility index (Phi) is 6.72. The average molecular weight is 430 g/mol. The second-order valence-corrected chi connectivity index (χ2v) is 8.48. The van der Waals surface area contributed by atoms with Crippen LogP contribution in [-0.4, -0.2) is 51.9 Å². The van der Waals surface area contributed by atoms with E-state index < -0.39 is 17.3 Å². The second kappa shape index (κ2) is 9.28. The fraction of sp³-hybridized carbons (Fsp3) is 0.455. The number of nitrogens with one attached hydrogen (secondary N) is 1. The number of rotatable bonds is 4. The van der Waals surface area contributed by atoms with E-state index in [-0.39, 0.29) is 29.5 Å². The van der Waals surface area contributed by atoms with E-state index in [1.807, 2.05) is 20.8 Å². The highest BCUT2D eigenvalue weighted by Crippen LogP contribution is 2.20. The molecule has 0 radical (unpaired) electrons. The number of anilines is 1. The Bertz CT molecular complexity index is 936. The number of likely N-dealkylation sites (tertiary alicyclic amines) is 1. The van der Waals surface area contributed by atoms with Crippen molar-refractivity contribution >= 4 is 17.7 Å². The van der Waals surface area contributed by atoms with Gasteiger partial charge in [0.25, 0.3) is 5.91 Å². The first kappa shape index (κ1) is 22.5. The summed E-state index contributed by atoms with van der Waals surface area (Å²) in [7, 11) is 0. The Morgan fingerprint density at radius 1 is 1.13 bits per heavy atom. The van der Waals surface area contributed by atoms with Crippen LogP contribution in [0.3, 0.4) is 0 Å². The average Bonchev–Trinajstić information content (AvgIpc) is 2.70. The Morgan fingerprint density at radius 2 is 1.84 bits per heavy atom. The molecule has 2 amide bonds. The van der Waals surface area contributed by atoms with Crippen LogP contribution in [-0.2, 0) is 4.74 Å². The maximum absolute atomic E-state index is 13.9. The third-order valence-corrected chi connectivity index (χ3v) is 4.63. The largest absolute Gasteiger partial charge is 0.473 e. The van der Waals surface area contributed by atoms with E-state index >= 15 is 0 Å². The number of halogens is 1. The van der Waals surface area contributed by atoms with Gasteiger partial charge in [-0.05, 0) is 51.5 Å². The maximum atomic E-state index is 13.9. The van der Waals surface area contributed by atoms with Gasteiger partial charge in [0.1, 0.15) is 17.5 Å².